The number of nitrogens with one attached hydrogen (secondary N) is 2. The van der Waals surface area contributed by atoms with E-state index in [2.05, 4.69) is 20.8 Å². The summed E-state index contributed by atoms with van der Waals surface area (Å²) in [4.78, 5) is 11.5. The molecule has 1 aromatic rings. The number of hydrogen-bond donors (Lipinski definition) is 2. The van der Waals surface area contributed by atoms with E-state index in [1.165, 1.54) is 0 Å². The van der Waals surface area contributed by atoms with Crippen molar-refractivity contribution in [2.24, 2.45) is 7.05 Å². The fourth-order valence-corrected chi connectivity index (χ4v) is 1.35. The molecule has 0 aromatic carbocycles. The standard InChI is InChI=1S/C11H21N5O/c1-11(2,3)14-10(17)5-6-12-7-9-15-13-8-16(9)4/h8,12H,5-7H2,1-4H3,(H,14,17). The monoisotopic (exact) mass is 239 g/mol. The van der Waals surface area contributed by atoms with E-state index in [-0.39, 0.29) is 11.4 Å². The highest BCUT2D eigenvalue weighted by atomic mass is 16.1. The summed E-state index contributed by atoms with van der Waals surface area (Å²) in [5.41, 5.74) is -0.166. The van der Waals surface area contributed by atoms with Gasteiger partial charge in [0.25, 0.3) is 0 Å². The van der Waals surface area contributed by atoms with Crippen LogP contribution in [0.15, 0.2) is 6.33 Å². The van der Waals surface area contributed by atoms with Crippen LogP contribution in [-0.4, -0.2) is 32.8 Å². The Morgan fingerprint density at radius 1 is 1.47 bits per heavy atom. The highest BCUT2D eigenvalue weighted by molar-refractivity contribution is 5.76. The van der Waals surface area contributed by atoms with Gasteiger partial charge in [0, 0.05) is 25.6 Å². The van der Waals surface area contributed by atoms with Crippen molar-refractivity contribution in [3.05, 3.63) is 12.2 Å². The van der Waals surface area contributed by atoms with Gasteiger partial charge in [-0.2, -0.15) is 0 Å². The van der Waals surface area contributed by atoms with E-state index >= 15 is 0 Å². The number of nitrogens with zero attached hydrogens (tertiary/aromatic N) is 3. The molecule has 96 valence electrons. The van der Waals surface area contributed by atoms with Crippen molar-refractivity contribution in [2.45, 2.75) is 39.3 Å². The molecule has 6 heteroatoms. The van der Waals surface area contributed by atoms with E-state index in [4.69, 9.17) is 0 Å². The Morgan fingerprint density at radius 2 is 2.18 bits per heavy atom. The highest BCUT2D eigenvalue weighted by Crippen LogP contribution is 1.98. The molecule has 0 bridgehead atoms. The summed E-state index contributed by atoms with van der Waals surface area (Å²) in [5.74, 6) is 0.921. The second-order valence-corrected chi connectivity index (χ2v) is 5.08. The molecule has 0 atom stereocenters. The largest absolute Gasteiger partial charge is 0.351 e. The van der Waals surface area contributed by atoms with Gasteiger partial charge in [0.2, 0.25) is 5.91 Å². The third-order valence-electron chi connectivity index (χ3n) is 2.13. The van der Waals surface area contributed by atoms with Crippen LogP contribution in [0.1, 0.15) is 33.0 Å². The SMILES string of the molecule is Cn1cnnc1CNCCC(=O)NC(C)(C)C. The lowest BCUT2D eigenvalue weighted by atomic mass is 10.1. The van der Waals surface area contributed by atoms with Crippen LogP contribution in [0.5, 0.6) is 0 Å². The van der Waals surface area contributed by atoms with Crippen LogP contribution < -0.4 is 10.6 Å². The van der Waals surface area contributed by atoms with Crippen molar-refractivity contribution in [1.82, 2.24) is 25.4 Å². The number of aromatic nitrogens is 3. The molecule has 0 aliphatic rings. The predicted molar refractivity (Wildman–Crippen MR) is 65.2 cm³/mol. The minimum Gasteiger partial charge on any atom is -0.351 e. The molecule has 6 nitrogen and oxygen atoms in total. The minimum atomic E-state index is -0.166. The summed E-state index contributed by atoms with van der Waals surface area (Å²) in [7, 11) is 1.89. The molecule has 0 spiro atoms. The average Bonchev–Trinajstić information content (AvgIpc) is 2.56. The van der Waals surface area contributed by atoms with E-state index < -0.39 is 0 Å². The van der Waals surface area contributed by atoms with Gasteiger partial charge in [-0.1, -0.05) is 0 Å². The zero-order valence-corrected chi connectivity index (χ0v) is 10.9. The fraction of sp³-hybridized carbons (Fsp3) is 0.727. The smallest absolute Gasteiger partial charge is 0.221 e. The van der Waals surface area contributed by atoms with Crippen LogP contribution in [0.4, 0.5) is 0 Å². The Bertz CT molecular complexity index is 366. The molecule has 0 aliphatic heterocycles. The van der Waals surface area contributed by atoms with Crippen LogP contribution in [0.2, 0.25) is 0 Å². The van der Waals surface area contributed by atoms with Gasteiger partial charge in [0.05, 0.1) is 6.54 Å². The first-order valence-corrected chi connectivity index (χ1v) is 5.73. The first-order chi connectivity index (χ1) is 7.88. The van der Waals surface area contributed by atoms with Crippen molar-refractivity contribution in [3.8, 4) is 0 Å². The second-order valence-electron chi connectivity index (χ2n) is 5.08. The Balaban J connectivity index is 2.17. The van der Waals surface area contributed by atoms with Gasteiger partial charge >= 0.3 is 0 Å². The normalized spacial score (nSPS) is 11.5. The summed E-state index contributed by atoms with van der Waals surface area (Å²) in [6.45, 7) is 7.17. The maximum absolute atomic E-state index is 11.5. The molecule has 0 aliphatic carbocycles. The number of aryl methyl sites for hydroxylation is 1. The van der Waals surface area contributed by atoms with Gasteiger partial charge < -0.3 is 15.2 Å². The molecule has 0 unspecified atom stereocenters. The van der Waals surface area contributed by atoms with Crippen LogP contribution >= 0.6 is 0 Å². The summed E-state index contributed by atoms with van der Waals surface area (Å²) in [5, 5.41) is 13.8. The zero-order valence-electron chi connectivity index (χ0n) is 10.9. The lowest BCUT2D eigenvalue weighted by Crippen LogP contribution is -2.41. The van der Waals surface area contributed by atoms with Crippen molar-refractivity contribution < 1.29 is 4.79 Å². The van der Waals surface area contributed by atoms with E-state index in [9.17, 15) is 4.79 Å². The summed E-state index contributed by atoms with van der Waals surface area (Å²) in [6.07, 6.45) is 2.12. The average molecular weight is 239 g/mol. The molecule has 1 amide bonds. The third-order valence-corrected chi connectivity index (χ3v) is 2.13. The molecule has 1 rings (SSSR count). The zero-order chi connectivity index (χ0) is 12.9. The minimum absolute atomic E-state index is 0.0583. The molecule has 17 heavy (non-hydrogen) atoms. The summed E-state index contributed by atoms with van der Waals surface area (Å²) >= 11 is 0. The number of carbonyl (C=O) groups is 1. The number of hydrogen-bond acceptors (Lipinski definition) is 4. The Labute approximate surface area is 102 Å². The molecular weight excluding hydrogens is 218 g/mol. The van der Waals surface area contributed by atoms with Crippen molar-refractivity contribution in [3.63, 3.8) is 0 Å². The quantitative estimate of drug-likeness (QED) is 0.721. The molecular formula is C11H21N5O. The van der Waals surface area contributed by atoms with Gasteiger partial charge in [-0.25, -0.2) is 0 Å². The Hall–Kier alpha value is -1.43. The van der Waals surface area contributed by atoms with Crippen LogP contribution in [0.25, 0.3) is 0 Å². The lowest BCUT2D eigenvalue weighted by molar-refractivity contribution is -0.122. The topological polar surface area (TPSA) is 71.8 Å². The van der Waals surface area contributed by atoms with E-state index in [1.807, 2.05) is 32.4 Å². The molecule has 0 saturated heterocycles. The van der Waals surface area contributed by atoms with Crippen LogP contribution in [-0.2, 0) is 18.4 Å². The van der Waals surface area contributed by atoms with Crippen molar-refractivity contribution in [2.75, 3.05) is 6.54 Å². The van der Waals surface area contributed by atoms with Gasteiger partial charge in [-0.3, -0.25) is 4.79 Å². The van der Waals surface area contributed by atoms with Crippen LogP contribution in [0.3, 0.4) is 0 Å². The lowest BCUT2D eigenvalue weighted by Gasteiger charge is -2.20. The second kappa shape index (κ2) is 5.77. The molecule has 0 saturated carbocycles. The number of rotatable bonds is 5. The molecule has 0 radical (unpaired) electrons. The number of carbonyl (C=O) groups excluding carboxylic acids is 1. The first-order valence-electron chi connectivity index (χ1n) is 5.73. The fourth-order valence-electron chi connectivity index (χ4n) is 1.35. The van der Waals surface area contributed by atoms with E-state index in [0.717, 1.165) is 5.82 Å². The van der Waals surface area contributed by atoms with Crippen molar-refractivity contribution >= 4 is 5.91 Å². The third kappa shape index (κ3) is 5.44. The maximum atomic E-state index is 11.5. The summed E-state index contributed by atoms with van der Waals surface area (Å²) in [6, 6.07) is 0. The molecule has 1 heterocycles. The van der Waals surface area contributed by atoms with E-state index in [0.29, 0.717) is 19.5 Å². The van der Waals surface area contributed by atoms with Crippen LogP contribution in [0, 0.1) is 0 Å². The Morgan fingerprint density at radius 3 is 2.71 bits per heavy atom. The summed E-state index contributed by atoms with van der Waals surface area (Å²) < 4.78 is 1.85. The number of amides is 1. The molecule has 0 fully saturated rings. The molecule has 2 N–H and O–H groups in total. The predicted octanol–water partition coefficient (Wildman–Crippen LogP) is 0.210. The van der Waals surface area contributed by atoms with Gasteiger partial charge in [-0.15, -0.1) is 10.2 Å². The maximum Gasteiger partial charge on any atom is 0.221 e. The molecule has 1 aromatic heterocycles. The van der Waals surface area contributed by atoms with Gasteiger partial charge in [0.15, 0.2) is 0 Å². The highest BCUT2D eigenvalue weighted by Gasteiger charge is 2.12. The van der Waals surface area contributed by atoms with Gasteiger partial charge in [-0.05, 0) is 20.8 Å². The van der Waals surface area contributed by atoms with Gasteiger partial charge in [0.1, 0.15) is 12.2 Å². The Kier molecular flexibility index (Phi) is 4.62. The first kappa shape index (κ1) is 13.6. The van der Waals surface area contributed by atoms with E-state index in [1.54, 1.807) is 6.33 Å². The van der Waals surface area contributed by atoms with Crippen molar-refractivity contribution in [1.29, 1.82) is 0 Å².